The first-order valence-corrected chi connectivity index (χ1v) is 9.19. The molecule has 8 heteroatoms. The van der Waals surface area contributed by atoms with Crippen LogP contribution < -0.4 is 15.5 Å². The highest BCUT2D eigenvalue weighted by Crippen LogP contribution is 2.23. The molecule has 0 aliphatic rings. The van der Waals surface area contributed by atoms with E-state index in [0.717, 1.165) is 16.5 Å². The van der Waals surface area contributed by atoms with E-state index in [1.807, 2.05) is 43.3 Å². The number of fused-ring (bicyclic) bond motifs is 1. The van der Waals surface area contributed by atoms with Crippen LogP contribution in [0.15, 0.2) is 48.5 Å². The predicted octanol–water partition coefficient (Wildman–Crippen LogP) is 2.16. The largest absolute Gasteiger partial charge is 0.492 e. The minimum Gasteiger partial charge on any atom is -0.492 e. The van der Waals surface area contributed by atoms with Crippen LogP contribution in [0.5, 0.6) is 5.75 Å². The highest BCUT2D eigenvalue weighted by atomic mass is 16.5. The Kier molecular flexibility index (Phi) is 6.48. The van der Waals surface area contributed by atoms with E-state index in [-0.39, 0.29) is 12.5 Å². The molecule has 0 atom stereocenters. The second-order valence-electron chi connectivity index (χ2n) is 6.83. The lowest BCUT2D eigenvalue weighted by Gasteiger charge is -2.12. The molecule has 0 unspecified atom stereocenters. The molecule has 3 aromatic rings. The van der Waals surface area contributed by atoms with Crippen molar-refractivity contribution in [3.63, 3.8) is 0 Å². The standard InChI is InChI=1S/C21H24N4O4/c1-25(2)13-17-16-5-3-4-6-18(16)23-19(17)21(27)22-11-12-29-15-9-7-14(8-10-15)20(26)24-28/h3-10,23,28H,11-13H2,1-2H3,(H,22,27)(H,24,26). The van der Waals surface area contributed by atoms with Crippen LogP contribution in [0.3, 0.4) is 0 Å². The fourth-order valence-corrected chi connectivity index (χ4v) is 3.06. The highest BCUT2D eigenvalue weighted by Gasteiger charge is 2.17. The first-order chi connectivity index (χ1) is 14.0. The molecule has 1 heterocycles. The van der Waals surface area contributed by atoms with Crippen LogP contribution in [0.25, 0.3) is 10.9 Å². The van der Waals surface area contributed by atoms with E-state index in [9.17, 15) is 9.59 Å². The minimum absolute atomic E-state index is 0.184. The highest BCUT2D eigenvalue weighted by molar-refractivity contribution is 6.01. The second-order valence-corrected chi connectivity index (χ2v) is 6.83. The number of benzene rings is 2. The normalized spacial score (nSPS) is 10.9. The van der Waals surface area contributed by atoms with E-state index in [1.165, 1.54) is 12.1 Å². The zero-order valence-electron chi connectivity index (χ0n) is 16.4. The van der Waals surface area contributed by atoms with Gasteiger partial charge in [-0.3, -0.25) is 14.8 Å². The molecule has 0 aliphatic carbocycles. The predicted molar refractivity (Wildman–Crippen MR) is 109 cm³/mol. The van der Waals surface area contributed by atoms with Gasteiger partial charge in [0.25, 0.3) is 11.8 Å². The number of hydrogen-bond donors (Lipinski definition) is 4. The molecular weight excluding hydrogens is 372 g/mol. The monoisotopic (exact) mass is 396 g/mol. The van der Waals surface area contributed by atoms with Crippen LogP contribution in [-0.2, 0) is 6.54 Å². The van der Waals surface area contributed by atoms with Crippen molar-refractivity contribution in [3.8, 4) is 5.75 Å². The van der Waals surface area contributed by atoms with Crippen molar-refractivity contribution in [1.82, 2.24) is 20.7 Å². The number of nitrogens with zero attached hydrogens (tertiary/aromatic N) is 1. The van der Waals surface area contributed by atoms with Crippen molar-refractivity contribution < 1.29 is 19.5 Å². The van der Waals surface area contributed by atoms with E-state index < -0.39 is 5.91 Å². The molecule has 0 saturated carbocycles. The Bertz CT molecular complexity index is 996. The van der Waals surface area contributed by atoms with Gasteiger partial charge in [0.1, 0.15) is 18.1 Å². The van der Waals surface area contributed by atoms with Crippen molar-refractivity contribution in [1.29, 1.82) is 0 Å². The molecule has 0 aliphatic heterocycles. The van der Waals surface area contributed by atoms with Crippen LogP contribution in [0.4, 0.5) is 0 Å². The van der Waals surface area contributed by atoms with E-state index in [2.05, 4.69) is 10.3 Å². The third-order valence-electron chi connectivity index (χ3n) is 4.39. The lowest BCUT2D eigenvalue weighted by molar-refractivity contribution is 0.0706. The summed E-state index contributed by atoms with van der Waals surface area (Å²) < 4.78 is 5.59. The van der Waals surface area contributed by atoms with Crippen molar-refractivity contribution in [2.75, 3.05) is 27.2 Å². The number of amides is 2. The number of rotatable bonds is 8. The number of hydrogen-bond acceptors (Lipinski definition) is 5. The van der Waals surface area contributed by atoms with Crippen LogP contribution in [0, 0.1) is 0 Å². The average molecular weight is 396 g/mol. The number of carbonyl (C=O) groups excluding carboxylic acids is 2. The molecule has 3 rings (SSSR count). The Labute approximate surface area is 168 Å². The molecule has 2 amide bonds. The van der Waals surface area contributed by atoms with Gasteiger partial charge in [-0.25, -0.2) is 5.48 Å². The van der Waals surface area contributed by atoms with Crippen molar-refractivity contribution in [2.24, 2.45) is 0 Å². The van der Waals surface area contributed by atoms with Gasteiger partial charge in [-0.2, -0.15) is 0 Å². The summed E-state index contributed by atoms with van der Waals surface area (Å²) in [6, 6.07) is 14.2. The van der Waals surface area contributed by atoms with Gasteiger partial charge < -0.3 is 19.9 Å². The average Bonchev–Trinajstić information content (AvgIpc) is 3.09. The lowest BCUT2D eigenvalue weighted by atomic mass is 10.1. The number of hydroxylamine groups is 1. The van der Waals surface area contributed by atoms with Crippen molar-refractivity contribution in [3.05, 3.63) is 65.4 Å². The Hall–Kier alpha value is -3.36. The fourth-order valence-electron chi connectivity index (χ4n) is 3.06. The van der Waals surface area contributed by atoms with E-state index >= 15 is 0 Å². The molecule has 1 aromatic heterocycles. The van der Waals surface area contributed by atoms with E-state index in [0.29, 0.717) is 30.1 Å². The summed E-state index contributed by atoms with van der Waals surface area (Å²) >= 11 is 0. The molecule has 0 radical (unpaired) electrons. The van der Waals surface area contributed by atoms with Crippen LogP contribution >= 0.6 is 0 Å². The SMILES string of the molecule is CN(C)Cc1c(C(=O)NCCOc2ccc(C(=O)NO)cc2)[nH]c2ccccc12. The second kappa shape index (κ2) is 9.22. The van der Waals surface area contributed by atoms with Gasteiger partial charge in [-0.15, -0.1) is 0 Å². The maximum Gasteiger partial charge on any atom is 0.274 e. The van der Waals surface area contributed by atoms with Crippen molar-refractivity contribution >= 4 is 22.7 Å². The number of aromatic amines is 1. The maximum absolute atomic E-state index is 12.7. The maximum atomic E-state index is 12.7. The molecule has 0 saturated heterocycles. The number of H-pyrrole nitrogens is 1. The number of ether oxygens (including phenoxy) is 1. The van der Waals surface area contributed by atoms with Gasteiger partial charge in [0.2, 0.25) is 0 Å². The van der Waals surface area contributed by atoms with Crippen LogP contribution in [0.1, 0.15) is 26.4 Å². The number of para-hydroxylation sites is 1. The number of nitrogens with one attached hydrogen (secondary N) is 3. The van der Waals surface area contributed by atoms with Gasteiger partial charge >= 0.3 is 0 Å². The summed E-state index contributed by atoms with van der Waals surface area (Å²) in [7, 11) is 3.93. The lowest BCUT2D eigenvalue weighted by Crippen LogP contribution is -2.29. The van der Waals surface area contributed by atoms with E-state index in [1.54, 1.807) is 17.6 Å². The first-order valence-electron chi connectivity index (χ1n) is 9.19. The molecule has 0 spiro atoms. The zero-order valence-corrected chi connectivity index (χ0v) is 16.4. The Morgan fingerprint density at radius 3 is 2.48 bits per heavy atom. The summed E-state index contributed by atoms with van der Waals surface area (Å²) in [4.78, 5) is 29.2. The molecular formula is C21H24N4O4. The first kappa shape index (κ1) is 20.4. The molecule has 152 valence electrons. The zero-order chi connectivity index (χ0) is 20.8. The third kappa shape index (κ3) is 4.92. The van der Waals surface area contributed by atoms with Gasteiger partial charge in [-0.05, 0) is 44.4 Å². The Morgan fingerprint density at radius 2 is 1.79 bits per heavy atom. The Morgan fingerprint density at radius 1 is 1.07 bits per heavy atom. The number of aromatic nitrogens is 1. The van der Waals surface area contributed by atoms with Gasteiger partial charge in [-0.1, -0.05) is 18.2 Å². The smallest absolute Gasteiger partial charge is 0.274 e. The van der Waals surface area contributed by atoms with Crippen LogP contribution in [0.2, 0.25) is 0 Å². The fraction of sp³-hybridized carbons (Fsp3) is 0.238. The summed E-state index contributed by atoms with van der Waals surface area (Å²) in [5, 5.41) is 12.5. The van der Waals surface area contributed by atoms with Crippen molar-refractivity contribution in [2.45, 2.75) is 6.54 Å². The van der Waals surface area contributed by atoms with Gasteiger partial charge in [0.15, 0.2) is 0 Å². The molecule has 8 nitrogen and oxygen atoms in total. The molecule has 2 aromatic carbocycles. The van der Waals surface area contributed by atoms with Crippen LogP contribution in [-0.4, -0.2) is 54.2 Å². The molecule has 4 N–H and O–H groups in total. The third-order valence-corrected chi connectivity index (χ3v) is 4.39. The number of carbonyl (C=O) groups is 2. The molecule has 29 heavy (non-hydrogen) atoms. The summed E-state index contributed by atoms with van der Waals surface area (Å²) in [5.41, 5.74) is 4.34. The van der Waals surface area contributed by atoms with Gasteiger partial charge in [0.05, 0.1) is 6.54 Å². The summed E-state index contributed by atoms with van der Waals surface area (Å²) in [5.74, 6) is -0.208. The Balaban J connectivity index is 1.59. The summed E-state index contributed by atoms with van der Waals surface area (Å²) in [6.45, 7) is 1.26. The minimum atomic E-state index is -0.587. The van der Waals surface area contributed by atoms with E-state index in [4.69, 9.17) is 9.94 Å². The summed E-state index contributed by atoms with van der Waals surface area (Å²) in [6.07, 6.45) is 0. The topological polar surface area (TPSA) is 107 Å². The quantitative estimate of drug-likeness (QED) is 0.265. The molecule has 0 fully saturated rings. The van der Waals surface area contributed by atoms with Gasteiger partial charge in [0, 0.05) is 28.6 Å². The molecule has 0 bridgehead atoms.